The predicted octanol–water partition coefficient (Wildman–Crippen LogP) is 4.35. The molecule has 0 saturated heterocycles. The third-order valence-electron chi connectivity index (χ3n) is 6.61. The average Bonchev–Trinajstić information content (AvgIpc) is 3.60. The van der Waals surface area contributed by atoms with Gasteiger partial charge in [-0.3, -0.25) is 0 Å². The molecule has 1 aliphatic heterocycles. The minimum Gasteiger partial charge on any atom is -0.494 e. The number of H-pyrrole nitrogens is 2. The summed E-state index contributed by atoms with van der Waals surface area (Å²) in [6.07, 6.45) is 17.3. The van der Waals surface area contributed by atoms with Crippen LogP contribution < -0.4 is 26.0 Å². The quantitative estimate of drug-likeness (QED) is 0.388. The van der Waals surface area contributed by atoms with E-state index >= 15 is 0 Å². The summed E-state index contributed by atoms with van der Waals surface area (Å²) in [5.74, 6) is 0.778. The van der Waals surface area contributed by atoms with Crippen LogP contribution in [0.3, 0.4) is 0 Å². The van der Waals surface area contributed by atoms with E-state index in [2.05, 4.69) is 41.2 Å². The molecule has 35 heavy (non-hydrogen) atoms. The van der Waals surface area contributed by atoms with E-state index in [1.807, 2.05) is 24.3 Å². The number of ether oxygens (including phenoxy) is 1. The Morgan fingerprint density at radius 3 is 2.46 bits per heavy atom. The van der Waals surface area contributed by atoms with Crippen LogP contribution in [0.15, 0.2) is 41.4 Å². The maximum Gasteiger partial charge on any atom is 0.144 e. The van der Waals surface area contributed by atoms with Crippen molar-refractivity contribution in [2.75, 3.05) is 7.11 Å². The molecule has 0 aliphatic carbocycles. The maximum atomic E-state index is 9.15. The highest BCUT2D eigenvalue weighted by molar-refractivity contribution is 5.77. The van der Waals surface area contributed by atoms with E-state index in [-0.39, 0.29) is 0 Å². The maximum absolute atomic E-state index is 9.15. The predicted molar refractivity (Wildman–Crippen MR) is 142 cm³/mol. The fourth-order valence-electron chi connectivity index (χ4n) is 4.63. The van der Waals surface area contributed by atoms with Gasteiger partial charge >= 0.3 is 0 Å². The number of nitrogens with zero attached hydrogens (tertiary/aromatic N) is 2. The smallest absolute Gasteiger partial charge is 0.144 e. The zero-order valence-corrected chi connectivity index (χ0v) is 21.0. The Labute approximate surface area is 207 Å². The van der Waals surface area contributed by atoms with Crippen LogP contribution in [0.4, 0.5) is 0 Å². The van der Waals surface area contributed by atoms with Crippen molar-refractivity contribution in [3.05, 3.63) is 74.6 Å². The van der Waals surface area contributed by atoms with Crippen LogP contribution in [0.1, 0.15) is 81.7 Å². The fourth-order valence-corrected chi connectivity index (χ4v) is 4.63. The standard InChI is InChI=1S/C30H36N4O/c1-3-4-5-6-7-8-9-10-11-12-24-14-15-25(32-24)19-29-30(35-2)20-28(34-29)27-18-23-17-22(21-31)13-16-26(23)33-27/h13-20,32,34H,3-12H2,1-2H3. The first-order valence-electron chi connectivity index (χ1n) is 13.0. The molecule has 5 heteroatoms. The Morgan fingerprint density at radius 1 is 0.943 bits per heavy atom. The lowest BCUT2D eigenvalue weighted by Crippen LogP contribution is -2.20. The van der Waals surface area contributed by atoms with E-state index in [1.54, 1.807) is 13.2 Å². The molecule has 2 N–H and O–H groups in total. The minimum atomic E-state index is 0.638. The van der Waals surface area contributed by atoms with Crippen molar-refractivity contribution in [2.45, 2.75) is 71.1 Å². The molecule has 0 spiro atoms. The number of fused-ring (bicyclic) bond motifs is 1. The molecule has 0 unspecified atom stereocenters. The molecule has 1 aliphatic rings. The van der Waals surface area contributed by atoms with Gasteiger partial charge in [-0.25, -0.2) is 4.99 Å². The SMILES string of the molecule is CCCCCCCCCCCc1ccc(C=c2[nH]c(=C3C=c4cc(C#N)ccc4=N3)cc2OC)[nH]1. The molecule has 4 rings (SSSR count). The van der Waals surface area contributed by atoms with Crippen molar-refractivity contribution >= 4 is 17.8 Å². The summed E-state index contributed by atoms with van der Waals surface area (Å²) in [7, 11) is 1.68. The van der Waals surface area contributed by atoms with Crippen LogP contribution in [0.25, 0.3) is 17.8 Å². The van der Waals surface area contributed by atoms with Gasteiger partial charge in [0.15, 0.2) is 0 Å². The van der Waals surface area contributed by atoms with Crippen molar-refractivity contribution in [2.24, 2.45) is 4.99 Å². The van der Waals surface area contributed by atoms with Crippen LogP contribution in [-0.2, 0) is 6.42 Å². The van der Waals surface area contributed by atoms with Crippen LogP contribution in [0, 0.1) is 11.3 Å². The molecule has 0 fully saturated rings. The van der Waals surface area contributed by atoms with Crippen molar-refractivity contribution in [1.82, 2.24) is 9.97 Å². The number of methoxy groups -OCH3 is 1. The Bertz CT molecular complexity index is 1420. The highest BCUT2D eigenvalue weighted by atomic mass is 16.5. The number of nitriles is 1. The zero-order valence-electron chi connectivity index (χ0n) is 21.0. The van der Waals surface area contributed by atoms with Gasteiger partial charge in [-0.15, -0.1) is 0 Å². The second-order valence-corrected chi connectivity index (χ2v) is 9.35. The van der Waals surface area contributed by atoms with Gasteiger partial charge in [-0.2, -0.15) is 5.26 Å². The third-order valence-corrected chi connectivity index (χ3v) is 6.61. The minimum absolute atomic E-state index is 0.638. The summed E-state index contributed by atoms with van der Waals surface area (Å²) >= 11 is 0. The molecule has 0 saturated carbocycles. The number of unbranched alkanes of at least 4 members (excludes halogenated alkanes) is 8. The number of benzene rings is 1. The second kappa shape index (κ2) is 12.3. The number of nitrogens with one attached hydrogen (secondary N) is 2. The number of hydrogen-bond donors (Lipinski definition) is 2. The molecule has 0 amide bonds. The van der Waals surface area contributed by atoms with Crippen molar-refractivity contribution < 1.29 is 4.74 Å². The summed E-state index contributed by atoms with van der Waals surface area (Å²) in [5, 5.41) is 12.8. The van der Waals surface area contributed by atoms with Gasteiger partial charge in [-0.05, 0) is 55.3 Å². The Morgan fingerprint density at radius 2 is 1.71 bits per heavy atom. The monoisotopic (exact) mass is 468 g/mol. The number of aromatic nitrogens is 2. The first kappa shape index (κ1) is 24.6. The lowest BCUT2D eigenvalue weighted by atomic mass is 10.1. The van der Waals surface area contributed by atoms with E-state index in [0.717, 1.165) is 44.8 Å². The first-order valence-corrected chi connectivity index (χ1v) is 13.0. The molecule has 182 valence electrons. The number of hydrogen-bond acceptors (Lipinski definition) is 3. The van der Waals surface area contributed by atoms with Gasteiger partial charge in [0, 0.05) is 22.7 Å². The third kappa shape index (κ3) is 6.54. The van der Waals surface area contributed by atoms with E-state index in [0.29, 0.717) is 5.56 Å². The summed E-state index contributed by atoms with van der Waals surface area (Å²) in [6.45, 7) is 2.27. The van der Waals surface area contributed by atoms with Crippen molar-refractivity contribution in [1.29, 1.82) is 5.26 Å². The van der Waals surface area contributed by atoms with Gasteiger partial charge in [0.2, 0.25) is 0 Å². The number of rotatable bonds is 12. The number of aromatic amines is 2. The molecular formula is C30H36N4O. The van der Waals surface area contributed by atoms with Crippen LogP contribution in [0.5, 0.6) is 5.75 Å². The molecule has 3 aromatic rings. The van der Waals surface area contributed by atoms with Gasteiger partial charge in [0.05, 0.1) is 40.5 Å². The number of aryl methyl sites for hydroxylation is 1. The van der Waals surface area contributed by atoms with Gasteiger partial charge in [0.25, 0.3) is 0 Å². The summed E-state index contributed by atoms with van der Waals surface area (Å²) in [6, 6.07) is 14.0. The van der Waals surface area contributed by atoms with E-state index in [1.165, 1.54) is 63.5 Å². The van der Waals surface area contributed by atoms with Gasteiger partial charge in [0.1, 0.15) is 5.75 Å². The second-order valence-electron chi connectivity index (χ2n) is 9.35. The molecule has 2 aromatic heterocycles. The highest BCUT2D eigenvalue weighted by Gasteiger charge is 2.07. The molecule has 5 nitrogen and oxygen atoms in total. The topological polar surface area (TPSA) is 77.0 Å². The van der Waals surface area contributed by atoms with Gasteiger partial charge in [-0.1, -0.05) is 58.3 Å². The lowest BCUT2D eigenvalue weighted by Gasteiger charge is -2.01. The zero-order chi connectivity index (χ0) is 24.5. The molecule has 0 bridgehead atoms. The summed E-state index contributed by atoms with van der Waals surface area (Å²) < 4.78 is 5.62. The van der Waals surface area contributed by atoms with Gasteiger partial charge < -0.3 is 14.7 Å². The van der Waals surface area contributed by atoms with Crippen molar-refractivity contribution in [3.63, 3.8) is 0 Å². The molecule has 0 atom stereocenters. The average molecular weight is 469 g/mol. The van der Waals surface area contributed by atoms with Crippen LogP contribution in [-0.4, -0.2) is 17.1 Å². The molecular weight excluding hydrogens is 432 g/mol. The highest BCUT2D eigenvalue weighted by Crippen LogP contribution is 2.12. The molecule has 1 aromatic carbocycles. The first-order chi connectivity index (χ1) is 17.2. The normalized spacial score (nSPS) is 14.4. The molecule has 0 radical (unpaired) electrons. The molecule has 3 heterocycles. The van der Waals surface area contributed by atoms with E-state index in [4.69, 9.17) is 15.0 Å². The Hall–Kier alpha value is -3.52. The van der Waals surface area contributed by atoms with E-state index < -0.39 is 0 Å². The Kier molecular flexibility index (Phi) is 8.62. The summed E-state index contributed by atoms with van der Waals surface area (Å²) in [4.78, 5) is 11.7. The van der Waals surface area contributed by atoms with Crippen molar-refractivity contribution in [3.8, 4) is 11.8 Å². The lowest BCUT2D eigenvalue weighted by molar-refractivity contribution is 0.412. The van der Waals surface area contributed by atoms with Crippen LogP contribution >= 0.6 is 0 Å². The summed E-state index contributed by atoms with van der Waals surface area (Å²) in [5.41, 5.74) is 3.81. The Balaban J connectivity index is 1.40. The fraction of sp³-hybridized carbons (Fsp3) is 0.400. The largest absolute Gasteiger partial charge is 0.494 e. The van der Waals surface area contributed by atoms with E-state index in [9.17, 15) is 0 Å². The van der Waals surface area contributed by atoms with Crippen LogP contribution in [0.2, 0.25) is 0 Å².